The predicted molar refractivity (Wildman–Crippen MR) is 77.3 cm³/mol. The minimum Gasteiger partial charge on any atom is -0.311 e. The molecule has 0 amide bonds. The zero-order valence-electron chi connectivity index (χ0n) is 11.5. The van der Waals surface area contributed by atoms with E-state index in [1.807, 2.05) is 30.9 Å². The molecule has 1 unspecified atom stereocenters. The number of rotatable bonds is 5. The molecule has 0 saturated carbocycles. The second kappa shape index (κ2) is 6.17. The first-order valence-electron chi connectivity index (χ1n) is 6.45. The molecule has 2 heterocycles. The summed E-state index contributed by atoms with van der Waals surface area (Å²) in [6.07, 6.45) is 3.53. The number of hydrogen-bond acceptors (Lipinski definition) is 3. The third kappa shape index (κ3) is 3.14. The minimum absolute atomic E-state index is 0.0915. The van der Waals surface area contributed by atoms with Crippen molar-refractivity contribution in [1.82, 2.24) is 20.1 Å². The molecule has 0 aliphatic rings. The van der Waals surface area contributed by atoms with Gasteiger partial charge in [-0.1, -0.05) is 18.5 Å². The van der Waals surface area contributed by atoms with E-state index in [4.69, 9.17) is 11.6 Å². The van der Waals surface area contributed by atoms with Crippen molar-refractivity contribution in [2.24, 2.45) is 7.05 Å². The molecule has 2 rings (SSSR count). The van der Waals surface area contributed by atoms with E-state index >= 15 is 0 Å². The summed E-state index contributed by atoms with van der Waals surface area (Å²) in [4.78, 5) is 4.38. The van der Waals surface area contributed by atoms with Crippen LogP contribution >= 0.6 is 11.6 Å². The van der Waals surface area contributed by atoms with Gasteiger partial charge >= 0.3 is 0 Å². The Balaban J connectivity index is 2.24. The minimum atomic E-state index is 0.0915. The van der Waals surface area contributed by atoms with E-state index in [1.54, 1.807) is 6.20 Å². The molecule has 19 heavy (non-hydrogen) atoms. The summed E-state index contributed by atoms with van der Waals surface area (Å²) in [6.45, 7) is 2.11. The highest BCUT2D eigenvalue weighted by molar-refractivity contribution is 6.31. The Morgan fingerprint density at radius 2 is 2.26 bits per heavy atom. The summed E-state index contributed by atoms with van der Waals surface area (Å²) in [7, 11) is 3.90. The van der Waals surface area contributed by atoms with E-state index in [0.29, 0.717) is 5.02 Å². The molecular weight excluding hydrogens is 260 g/mol. The first-order chi connectivity index (χ1) is 9.15. The second-order valence-electron chi connectivity index (χ2n) is 4.52. The lowest BCUT2D eigenvalue weighted by Crippen LogP contribution is -2.21. The van der Waals surface area contributed by atoms with Crippen LogP contribution in [0, 0.1) is 0 Å². The summed E-state index contributed by atoms with van der Waals surface area (Å²) >= 11 is 6.21. The number of hydrogen-bond donors (Lipinski definition) is 1. The van der Waals surface area contributed by atoms with Crippen LogP contribution in [0.15, 0.2) is 24.4 Å². The molecule has 0 bridgehead atoms. The maximum Gasteiger partial charge on any atom is 0.0762 e. The molecule has 2 aromatic heterocycles. The Labute approximate surface area is 118 Å². The number of likely N-dealkylation sites (N-methyl/N-ethyl adjacent to an activating group) is 1. The molecule has 0 aromatic carbocycles. The fraction of sp³-hybridized carbons (Fsp3) is 0.429. The zero-order valence-corrected chi connectivity index (χ0v) is 12.3. The molecule has 0 aliphatic heterocycles. The highest BCUT2D eigenvalue weighted by Crippen LogP contribution is 2.23. The van der Waals surface area contributed by atoms with Crippen LogP contribution in [0.4, 0.5) is 0 Å². The van der Waals surface area contributed by atoms with E-state index in [-0.39, 0.29) is 6.04 Å². The standard InChI is InChI=1S/C14H19ClN4/c1-4-10-8-11(19(3)18-10)9-13(16-2)14-12(15)6-5-7-17-14/h5-8,13,16H,4,9H2,1-3H3. The first kappa shape index (κ1) is 14.0. The van der Waals surface area contributed by atoms with Crippen LogP contribution in [0.25, 0.3) is 0 Å². The molecule has 0 saturated heterocycles. The Morgan fingerprint density at radius 3 is 2.84 bits per heavy atom. The van der Waals surface area contributed by atoms with Crippen molar-refractivity contribution in [2.45, 2.75) is 25.8 Å². The summed E-state index contributed by atoms with van der Waals surface area (Å²) < 4.78 is 1.93. The van der Waals surface area contributed by atoms with E-state index < -0.39 is 0 Å². The Kier molecular flexibility index (Phi) is 4.56. The summed E-state index contributed by atoms with van der Waals surface area (Å²) in [5.41, 5.74) is 3.17. The van der Waals surface area contributed by atoms with Crippen LogP contribution in [-0.4, -0.2) is 21.8 Å². The molecular formula is C14H19ClN4. The normalized spacial score (nSPS) is 12.6. The van der Waals surface area contributed by atoms with Crippen LogP contribution < -0.4 is 5.32 Å². The number of halogens is 1. The van der Waals surface area contributed by atoms with Gasteiger partial charge in [0.1, 0.15) is 0 Å². The van der Waals surface area contributed by atoms with Gasteiger partial charge in [-0.3, -0.25) is 9.67 Å². The largest absolute Gasteiger partial charge is 0.311 e. The van der Waals surface area contributed by atoms with Crippen LogP contribution in [0.5, 0.6) is 0 Å². The van der Waals surface area contributed by atoms with Crippen molar-refractivity contribution < 1.29 is 0 Å². The van der Waals surface area contributed by atoms with Crippen molar-refractivity contribution in [3.8, 4) is 0 Å². The molecule has 0 aliphatic carbocycles. The summed E-state index contributed by atoms with van der Waals surface area (Å²) in [5.74, 6) is 0. The first-order valence-corrected chi connectivity index (χ1v) is 6.83. The highest BCUT2D eigenvalue weighted by Gasteiger charge is 2.17. The lowest BCUT2D eigenvalue weighted by atomic mass is 10.1. The van der Waals surface area contributed by atoms with Crippen LogP contribution in [0.2, 0.25) is 5.02 Å². The van der Waals surface area contributed by atoms with Gasteiger partial charge in [-0.25, -0.2) is 0 Å². The topological polar surface area (TPSA) is 42.7 Å². The lowest BCUT2D eigenvalue weighted by molar-refractivity contribution is 0.549. The van der Waals surface area contributed by atoms with Crippen molar-refractivity contribution in [2.75, 3.05) is 7.05 Å². The Bertz CT molecular complexity index is 550. The van der Waals surface area contributed by atoms with Crippen molar-refractivity contribution >= 4 is 11.6 Å². The molecule has 5 heteroatoms. The molecule has 4 nitrogen and oxygen atoms in total. The second-order valence-corrected chi connectivity index (χ2v) is 4.93. The molecule has 1 atom stereocenters. The van der Waals surface area contributed by atoms with E-state index in [9.17, 15) is 0 Å². The predicted octanol–water partition coefficient (Wildman–Crippen LogP) is 2.53. The molecule has 102 valence electrons. The van der Waals surface area contributed by atoms with Crippen LogP contribution in [0.1, 0.15) is 30.0 Å². The summed E-state index contributed by atoms with van der Waals surface area (Å²) in [5, 5.41) is 8.44. The van der Waals surface area contributed by atoms with Gasteiger partial charge in [-0.2, -0.15) is 5.10 Å². The van der Waals surface area contributed by atoms with Crippen molar-refractivity contribution in [1.29, 1.82) is 0 Å². The lowest BCUT2D eigenvalue weighted by Gasteiger charge is -2.16. The third-order valence-electron chi connectivity index (χ3n) is 3.27. The highest BCUT2D eigenvalue weighted by atomic mass is 35.5. The van der Waals surface area contributed by atoms with Gasteiger partial charge in [0.05, 0.1) is 22.5 Å². The molecule has 2 aromatic rings. The number of nitrogens with zero attached hydrogens (tertiary/aromatic N) is 3. The van der Waals surface area contributed by atoms with Gasteiger partial charge in [-0.05, 0) is 31.7 Å². The van der Waals surface area contributed by atoms with Gasteiger partial charge in [0.15, 0.2) is 0 Å². The smallest absolute Gasteiger partial charge is 0.0762 e. The number of pyridine rings is 1. The number of aromatic nitrogens is 3. The fourth-order valence-electron chi connectivity index (χ4n) is 2.13. The monoisotopic (exact) mass is 278 g/mol. The maximum absolute atomic E-state index is 6.21. The number of nitrogens with one attached hydrogen (secondary N) is 1. The van der Waals surface area contributed by atoms with Gasteiger partial charge in [-0.15, -0.1) is 0 Å². The number of aryl methyl sites for hydroxylation is 2. The van der Waals surface area contributed by atoms with Gasteiger partial charge in [0.25, 0.3) is 0 Å². The van der Waals surface area contributed by atoms with Gasteiger partial charge in [0.2, 0.25) is 0 Å². The van der Waals surface area contributed by atoms with E-state index in [0.717, 1.165) is 24.2 Å². The zero-order chi connectivity index (χ0) is 13.8. The third-order valence-corrected chi connectivity index (χ3v) is 3.59. The van der Waals surface area contributed by atoms with Crippen molar-refractivity contribution in [3.63, 3.8) is 0 Å². The summed E-state index contributed by atoms with van der Waals surface area (Å²) in [6, 6.07) is 5.95. The van der Waals surface area contributed by atoms with Crippen LogP contribution in [-0.2, 0) is 19.9 Å². The quantitative estimate of drug-likeness (QED) is 0.914. The molecule has 0 radical (unpaired) electrons. The average Bonchev–Trinajstić information content (AvgIpc) is 2.77. The molecule has 1 N–H and O–H groups in total. The van der Waals surface area contributed by atoms with Crippen molar-refractivity contribution in [3.05, 3.63) is 46.5 Å². The Morgan fingerprint density at radius 1 is 1.47 bits per heavy atom. The average molecular weight is 279 g/mol. The van der Waals surface area contributed by atoms with E-state index in [1.165, 1.54) is 5.69 Å². The van der Waals surface area contributed by atoms with Crippen LogP contribution in [0.3, 0.4) is 0 Å². The fourth-order valence-corrected chi connectivity index (χ4v) is 2.39. The van der Waals surface area contributed by atoms with Gasteiger partial charge in [0, 0.05) is 25.4 Å². The maximum atomic E-state index is 6.21. The molecule has 0 spiro atoms. The Hall–Kier alpha value is -1.39. The van der Waals surface area contributed by atoms with E-state index in [2.05, 4.69) is 28.4 Å². The SMILES string of the molecule is CCc1cc(CC(NC)c2ncccc2Cl)n(C)n1. The van der Waals surface area contributed by atoms with Gasteiger partial charge < -0.3 is 5.32 Å². The molecule has 0 fully saturated rings.